The van der Waals surface area contributed by atoms with Crippen LogP contribution in [0, 0.1) is 13.8 Å². The van der Waals surface area contributed by atoms with Crippen molar-refractivity contribution >= 4 is 22.6 Å². The molecule has 3 atom stereocenters. The largest absolute Gasteiger partial charge is 0.370 e. The van der Waals surface area contributed by atoms with Crippen LogP contribution >= 0.6 is 0 Å². The molecule has 45 heavy (non-hydrogen) atoms. The molecule has 3 unspecified atom stereocenters. The van der Waals surface area contributed by atoms with Gasteiger partial charge in [0.1, 0.15) is 0 Å². The minimum absolute atomic E-state index is 0.0242. The Labute approximate surface area is 268 Å². The van der Waals surface area contributed by atoms with Gasteiger partial charge in [0.25, 0.3) is 0 Å². The van der Waals surface area contributed by atoms with Gasteiger partial charge in [0.2, 0.25) is 5.91 Å². The Balaban J connectivity index is 1.37. The molecule has 1 heterocycles. The Morgan fingerprint density at radius 3 is 2.38 bits per heavy atom. The van der Waals surface area contributed by atoms with Gasteiger partial charge in [-0.15, -0.1) is 0 Å². The predicted molar refractivity (Wildman–Crippen MR) is 186 cm³/mol. The van der Waals surface area contributed by atoms with Gasteiger partial charge in [-0.1, -0.05) is 96.6 Å². The Morgan fingerprint density at radius 2 is 1.62 bits per heavy atom. The number of rotatable bonds is 12. The van der Waals surface area contributed by atoms with Crippen LogP contribution in [0.15, 0.2) is 96.0 Å². The number of guanidine groups is 1. The van der Waals surface area contributed by atoms with E-state index in [-0.39, 0.29) is 30.0 Å². The van der Waals surface area contributed by atoms with E-state index in [1.165, 1.54) is 27.6 Å². The summed E-state index contributed by atoms with van der Waals surface area (Å²) in [5.74, 6) is 0.278. The van der Waals surface area contributed by atoms with Crippen molar-refractivity contribution in [1.82, 2.24) is 9.80 Å². The van der Waals surface area contributed by atoms with E-state index in [0.717, 1.165) is 49.7 Å². The smallest absolute Gasteiger partial charge is 0.227 e. The van der Waals surface area contributed by atoms with E-state index >= 15 is 0 Å². The number of nitrogens with two attached hydrogens (primary N) is 3. The molecule has 236 valence electrons. The van der Waals surface area contributed by atoms with Crippen molar-refractivity contribution in [3.63, 3.8) is 0 Å². The van der Waals surface area contributed by atoms with Crippen LogP contribution in [0.2, 0.25) is 0 Å². The zero-order valence-corrected chi connectivity index (χ0v) is 26.7. The van der Waals surface area contributed by atoms with E-state index in [4.69, 9.17) is 17.2 Å². The number of piperazine rings is 1. The third-order valence-corrected chi connectivity index (χ3v) is 9.05. The highest BCUT2D eigenvalue weighted by Gasteiger charge is 2.36. The maximum Gasteiger partial charge on any atom is 0.227 e. The van der Waals surface area contributed by atoms with E-state index in [1.54, 1.807) is 0 Å². The lowest BCUT2D eigenvalue weighted by atomic mass is 9.94. The molecule has 1 fully saturated rings. The number of hydrogen-bond acceptors (Lipinski definition) is 4. The van der Waals surface area contributed by atoms with Crippen molar-refractivity contribution in [1.29, 1.82) is 0 Å². The molecule has 0 saturated carbocycles. The fourth-order valence-corrected chi connectivity index (χ4v) is 6.76. The second-order valence-electron chi connectivity index (χ2n) is 12.7. The maximum atomic E-state index is 14.1. The molecule has 1 aliphatic rings. The van der Waals surface area contributed by atoms with Gasteiger partial charge in [0, 0.05) is 44.3 Å². The summed E-state index contributed by atoms with van der Waals surface area (Å²) in [5.41, 5.74) is 24.2. The molecule has 5 rings (SSSR count). The number of hydrogen-bond donors (Lipinski definition) is 3. The highest BCUT2D eigenvalue weighted by atomic mass is 16.2. The fraction of sp³-hybridized carbons (Fsp3) is 0.368. The molecule has 0 radical (unpaired) electrons. The molecule has 7 heteroatoms. The van der Waals surface area contributed by atoms with Gasteiger partial charge in [-0.25, -0.2) is 0 Å². The average Bonchev–Trinajstić information content (AvgIpc) is 3.02. The minimum atomic E-state index is -0.0242. The molecule has 0 spiro atoms. The van der Waals surface area contributed by atoms with Gasteiger partial charge in [0.15, 0.2) is 5.96 Å². The number of amides is 1. The first-order chi connectivity index (χ1) is 21.7. The van der Waals surface area contributed by atoms with Gasteiger partial charge in [0.05, 0.1) is 6.42 Å². The molecule has 7 nitrogen and oxygen atoms in total. The standard InChI is InChI=1S/C38H48N6O/c1-27-14-16-32(28(2)19-27)23-34(39)24-43-25-36(21-29-9-4-3-5-10-29)44(26-35(43)13-8-18-42-38(40)41)37(45)22-30-15-17-31-11-6-7-12-33(31)20-30/h3-7,9-12,14-17,19-20,34-36H,8,13,18,21-26,39H2,1-2H3,(H4,40,41,42). The third kappa shape index (κ3) is 8.93. The van der Waals surface area contributed by atoms with Crippen LogP contribution in [0.3, 0.4) is 0 Å². The van der Waals surface area contributed by atoms with Gasteiger partial charge in [-0.05, 0) is 72.6 Å². The number of nitrogens with zero attached hydrogens (tertiary/aromatic N) is 3. The highest BCUT2D eigenvalue weighted by Crippen LogP contribution is 2.25. The quantitative estimate of drug-likeness (QED) is 0.123. The van der Waals surface area contributed by atoms with Gasteiger partial charge in [-0.2, -0.15) is 0 Å². The first-order valence-electron chi connectivity index (χ1n) is 16.2. The summed E-state index contributed by atoms with van der Waals surface area (Å²) in [7, 11) is 0. The molecular weight excluding hydrogens is 556 g/mol. The van der Waals surface area contributed by atoms with Crippen molar-refractivity contribution < 1.29 is 4.79 Å². The number of carbonyl (C=O) groups excluding carboxylic acids is 1. The summed E-state index contributed by atoms with van der Waals surface area (Å²) in [4.78, 5) is 23.0. The number of carbonyl (C=O) groups is 1. The molecule has 6 N–H and O–H groups in total. The molecule has 0 aromatic heterocycles. The summed E-state index contributed by atoms with van der Waals surface area (Å²) in [5, 5.41) is 2.34. The number of aryl methyl sites for hydroxylation is 2. The van der Waals surface area contributed by atoms with Gasteiger partial charge in [-0.3, -0.25) is 14.7 Å². The lowest BCUT2D eigenvalue weighted by molar-refractivity contribution is -0.137. The summed E-state index contributed by atoms with van der Waals surface area (Å²) < 4.78 is 0. The second kappa shape index (κ2) is 15.2. The first kappa shape index (κ1) is 32.2. The summed E-state index contributed by atoms with van der Waals surface area (Å²) in [6.45, 7) is 7.04. The molecule has 1 amide bonds. The van der Waals surface area contributed by atoms with Crippen molar-refractivity contribution in [3.05, 3.63) is 119 Å². The van der Waals surface area contributed by atoms with E-state index < -0.39 is 0 Å². The average molecular weight is 605 g/mol. The Morgan fingerprint density at radius 1 is 0.867 bits per heavy atom. The van der Waals surface area contributed by atoms with Crippen LogP contribution < -0.4 is 17.2 Å². The molecule has 1 saturated heterocycles. The molecule has 0 aliphatic carbocycles. The Kier molecular flexibility index (Phi) is 10.9. The van der Waals surface area contributed by atoms with Crippen molar-refractivity contribution in [3.8, 4) is 0 Å². The molecular formula is C38H48N6O. The van der Waals surface area contributed by atoms with Crippen LogP contribution in [-0.4, -0.2) is 66.0 Å². The number of aliphatic imine (C=N–C) groups is 1. The topological polar surface area (TPSA) is 114 Å². The fourth-order valence-electron chi connectivity index (χ4n) is 6.76. The van der Waals surface area contributed by atoms with Gasteiger partial charge >= 0.3 is 0 Å². The molecule has 0 bridgehead atoms. The summed E-state index contributed by atoms with van der Waals surface area (Å²) >= 11 is 0. The SMILES string of the molecule is Cc1ccc(CC(N)CN2CC(Cc3ccccc3)N(C(=O)Cc3ccc4ccccc4c3)CC2CCCN=C(N)N)c(C)c1. The van der Waals surface area contributed by atoms with Crippen molar-refractivity contribution in [2.45, 2.75) is 64.1 Å². The van der Waals surface area contributed by atoms with Gasteiger partial charge < -0.3 is 22.1 Å². The second-order valence-corrected chi connectivity index (χ2v) is 12.7. The molecule has 1 aliphatic heterocycles. The molecule has 4 aromatic rings. The van der Waals surface area contributed by atoms with E-state index in [2.05, 4.69) is 101 Å². The summed E-state index contributed by atoms with van der Waals surface area (Å²) in [6, 6.07) is 31.9. The van der Waals surface area contributed by atoms with Crippen LogP contribution in [0.4, 0.5) is 0 Å². The Hall–Kier alpha value is -4.20. The zero-order chi connectivity index (χ0) is 31.8. The summed E-state index contributed by atoms with van der Waals surface area (Å²) in [6.07, 6.45) is 3.71. The van der Waals surface area contributed by atoms with Crippen LogP contribution in [-0.2, 0) is 24.1 Å². The van der Waals surface area contributed by atoms with Crippen LogP contribution in [0.25, 0.3) is 10.8 Å². The third-order valence-electron chi connectivity index (χ3n) is 9.05. The number of benzene rings is 4. The minimum Gasteiger partial charge on any atom is -0.370 e. The first-order valence-corrected chi connectivity index (χ1v) is 16.2. The monoisotopic (exact) mass is 604 g/mol. The molecule has 4 aromatic carbocycles. The van der Waals surface area contributed by atoms with E-state index in [9.17, 15) is 4.79 Å². The predicted octanol–water partition coefficient (Wildman–Crippen LogP) is 4.75. The number of fused-ring (bicyclic) bond motifs is 1. The van der Waals surface area contributed by atoms with E-state index in [0.29, 0.717) is 19.5 Å². The lowest BCUT2D eigenvalue weighted by Gasteiger charge is -2.47. The Bertz CT molecular complexity index is 1600. The maximum absolute atomic E-state index is 14.1. The zero-order valence-electron chi connectivity index (χ0n) is 26.7. The van der Waals surface area contributed by atoms with Crippen molar-refractivity contribution in [2.75, 3.05) is 26.2 Å². The lowest BCUT2D eigenvalue weighted by Crippen LogP contribution is -2.62. The highest BCUT2D eigenvalue weighted by molar-refractivity contribution is 5.85. The van der Waals surface area contributed by atoms with Crippen LogP contribution in [0.5, 0.6) is 0 Å². The normalized spacial score (nSPS) is 17.7. The van der Waals surface area contributed by atoms with Crippen LogP contribution in [0.1, 0.15) is 40.7 Å². The van der Waals surface area contributed by atoms with E-state index in [1.807, 2.05) is 18.2 Å². The van der Waals surface area contributed by atoms with Crippen molar-refractivity contribution in [2.24, 2.45) is 22.2 Å².